The Balaban J connectivity index is 1.61. The smallest absolute Gasteiger partial charge is 0.410 e. The molecule has 7 heteroatoms. The second kappa shape index (κ2) is 7.80. The normalized spacial score (nSPS) is 16.7. The molecule has 1 fully saturated rings. The number of aryl methyl sites for hydroxylation is 2. The van der Waals surface area contributed by atoms with Gasteiger partial charge in [-0.15, -0.1) is 0 Å². The number of benzene rings is 1. The SMILES string of the molecule is Cc1cc(C)c(-c2ccc3ncc([C@@H]4CCN(C(=O)OC(C)(C)C)C4)nc3n2)c(O)c1. The fourth-order valence-corrected chi connectivity index (χ4v) is 4.02. The summed E-state index contributed by atoms with van der Waals surface area (Å²) in [5.74, 6) is 0.293. The quantitative estimate of drug-likeness (QED) is 0.644. The van der Waals surface area contributed by atoms with Crippen LogP contribution in [-0.4, -0.2) is 49.7 Å². The topological polar surface area (TPSA) is 88.4 Å². The van der Waals surface area contributed by atoms with Crippen LogP contribution in [0.25, 0.3) is 22.4 Å². The third-order valence-electron chi connectivity index (χ3n) is 5.40. The van der Waals surface area contributed by atoms with Crippen LogP contribution < -0.4 is 0 Å². The van der Waals surface area contributed by atoms with E-state index in [9.17, 15) is 9.90 Å². The van der Waals surface area contributed by atoms with Crippen molar-refractivity contribution in [2.45, 2.75) is 52.6 Å². The Morgan fingerprint density at radius 1 is 1.19 bits per heavy atom. The molecule has 1 atom stereocenters. The monoisotopic (exact) mass is 420 g/mol. The van der Waals surface area contributed by atoms with Crippen molar-refractivity contribution in [2.24, 2.45) is 0 Å². The fourth-order valence-electron chi connectivity index (χ4n) is 4.02. The molecule has 1 aromatic carbocycles. The predicted octanol–water partition coefficient (Wildman–Crippen LogP) is 4.74. The summed E-state index contributed by atoms with van der Waals surface area (Å²) in [6.07, 6.45) is 2.27. The Morgan fingerprint density at radius 3 is 2.68 bits per heavy atom. The van der Waals surface area contributed by atoms with Gasteiger partial charge in [-0.05, 0) is 70.4 Å². The van der Waals surface area contributed by atoms with E-state index < -0.39 is 5.60 Å². The van der Waals surface area contributed by atoms with E-state index >= 15 is 0 Å². The average Bonchev–Trinajstić information content (AvgIpc) is 3.16. The van der Waals surface area contributed by atoms with Crippen molar-refractivity contribution in [3.05, 3.63) is 47.3 Å². The second-order valence-corrected chi connectivity index (χ2v) is 9.22. The number of phenols is 1. The molecule has 7 nitrogen and oxygen atoms in total. The molecule has 3 heterocycles. The van der Waals surface area contributed by atoms with Gasteiger partial charge in [0.15, 0.2) is 5.65 Å². The van der Waals surface area contributed by atoms with Crippen LogP contribution in [0, 0.1) is 13.8 Å². The predicted molar refractivity (Wildman–Crippen MR) is 119 cm³/mol. The van der Waals surface area contributed by atoms with E-state index in [2.05, 4.69) is 4.98 Å². The summed E-state index contributed by atoms with van der Waals surface area (Å²) in [6.45, 7) is 10.7. The van der Waals surface area contributed by atoms with Gasteiger partial charge in [0.05, 0.1) is 11.4 Å². The van der Waals surface area contributed by atoms with Crippen molar-refractivity contribution in [3.63, 3.8) is 0 Å². The molecule has 0 radical (unpaired) electrons. The second-order valence-electron chi connectivity index (χ2n) is 9.22. The van der Waals surface area contributed by atoms with Gasteiger partial charge < -0.3 is 14.7 Å². The number of phenolic OH excluding ortho intramolecular Hbond substituents is 1. The van der Waals surface area contributed by atoms with Crippen LogP contribution in [0.4, 0.5) is 4.79 Å². The van der Waals surface area contributed by atoms with E-state index in [1.165, 1.54) is 0 Å². The zero-order valence-electron chi connectivity index (χ0n) is 18.6. The summed E-state index contributed by atoms with van der Waals surface area (Å²) >= 11 is 0. The van der Waals surface area contributed by atoms with Crippen molar-refractivity contribution in [1.82, 2.24) is 19.9 Å². The number of likely N-dealkylation sites (tertiary alicyclic amines) is 1. The largest absolute Gasteiger partial charge is 0.507 e. The summed E-state index contributed by atoms with van der Waals surface area (Å²) < 4.78 is 5.49. The van der Waals surface area contributed by atoms with Crippen molar-refractivity contribution in [1.29, 1.82) is 0 Å². The summed E-state index contributed by atoms with van der Waals surface area (Å²) in [6, 6.07) is 7.48. The number of hydrogen-bond acceptors (Lipinski definition) is 6. The molecule has 162 valence electrons. The molecule has 31 heavy (non-hydrogen) atoms. The van der Waals surface area contributed by atoms with Gasteiger partial charge >= 0.3 is 6.09 Å². The van der Waals surface area contributed by atoms with Crippen molar-refractivity contribution in [3.8, 4) is 17.0 Å². The lowest BCUT2D eigenvalue weighted by molar-refractivity contribution is 0.0292. The van der Waals surface area contributed by atoms with E-state index in [1.807, 2.05) is 52.8 Å². The molecule has 0 spiro atoms. The van der Waals surface area contributed by atoms with Crippen LogP contribution in [0.1, 0.15) is 49.9 Å². The number of carbonyl (C=O) groups is 1. The minimum atomic E-state index is -0.516. The third-order valence-corrected chi connectivity index (χ3v) is 5.40. The standard InChI is InChI=1S/C24H28N4O3/c1-14-10-15(2)21(20(29)11-14)17-6-7-18-22(26-17)27-19(12-25-18)16-8-9-28(13-16)23(30)31-24(3,4)5/h6-7,10-12,16,29H,8-9,13H2,1-5H3/t16-/m1/s1. The minimum absolute atomic E-state index is 0.0874. The van der Waals surface area contributed by atoms with E-state index in [0.717, 1.165) is 23.2 Å². The number of aromatic hydroxyl groups is 1. The summed E-state index contributed by atoms with van der Waals surface area (Å²) in [5, 5.41) is 10.5. The molecule has 2 aromatic heterocycles. The van der Waals surface area contributed by atoms with Crippen molar-refractivity contribution in [2.75, 3.05) is 13.1 Å². The van der Waals surface area contributed by atoms with Crippen LogP contribution >= 0.6 is 0 Å². The number of carbonyl (C=O) groups excluding carboxylic acids is 1. The molecule has 1 amide bonds. The van der Waals surface area contributed by atoms with E-state index in [4.69, 9.17) is 14.7 Å². The number of fused-ring (bicyclic) bond motifs is 1. The van der Waals surface area contributed by atoms with Crippen molar-refractivity contribution < 1.29 is 14.6 Å². The van der Waals surface area contributed by atoms with Crippen LogP contribution in [0.15, 0.2) is 30.5 Å². The number of pyridine rings is 1. The van der Waals surface area contributed by atoms with Gasteiger partial charge in [0.25, 0.3) is 0 Å². The molecular weight excluding hydrogens is 392 g/mol. The lowest BCUT2D eigenvalue weighted by Gasteiger charge is -2.24. The zero-order valence-corrected chi connectivity index (χ0v) is 18.6. The molecule has 1 aliphatic heterocycles. The maximum absolute atomic E-state index is 12.4. The number of ether oxygens (including phenoxy) is 1. The lowest BCUT2D eigenvalue weighted by Crippen LogP contribution is -2.35. The first-order valence-electron chi connectivity index (χ1n) is 10.5. The minimum Gasteiger partial charge on any atom is -0.507 e. The van der Waals surface area contributed by atoms with E-state index in [-0.39, 0.29) is 17.8 Å². The molecule has 4 rings (SSSR count). The Hall–Kier alpha value is -3.22. The highest BCUT2D eigenvalue weighted by molar-refractivity contribution is 5.78. The molecule has 0 unspecified atom stereocenters. The number of aromatic nitrogens is 3. The summed E-state index contributed by atoms with van der Waals surface area (Å²) in [7, 11) is 0. The lowest BCUT2D eigenvalue weighted by atomic mass is 10.0. The molecular formula is C24H28N4O3. The molecule has 1 saturated heterocycles. The highest BCUT2D eigenvalue weighted by Gasteiger charge is 2.31. The fraction of sp³-hybridized carbons (Fsp3) is 0.417. The average molecular weight is 421 g/mol. The Bertz CT molecular complexity index is 1130. The Labute approximate surface area is 182 Å². The van der Waals surface area contributed by atoms with Crippen LogP contribution in [-0.2, 0) is 4.74 Å². The van der Waals surface area contributed by atoms with Gasteiger partial charge in [-0.1, -0.05) is 6.07 Å². The van der Waals surface area contributed by atoms with Gasteiger partial charge in [0.1, 0.15) is 16.9 Å². The van der Waals surface area contributed by atoms with Gasteiger partial charge in [-0.3, -0.25) is 4.98 Å². The first kappa shape index (κ1) is 21.0. The molecule has 3 aromatic rings. The molecule has 1 aliphatic rings. The number of rotatable bonds is 2. The Kier molecular flexibility index (Phi) is 5.29. The molecule has 0 saturated carbocycles. The number of amides is 1. The third kappa shape index (κ3) is 4.45. The first-order chi connectivity index (χ1) is 14.6. The first-order valence-corrected chi connectivity index (χ1v) is 10.5. The maximum Gasteiger partial charge on any atom is 0.410 e. The Morgan fingerprint density at radius 2 is 1.97 bits per heavy atom. The van der Waals surface area contributed by atoms with Gasteiger partial charge in [0.2, 0.25) is 0 Å². The van der Waals surface area contributed by atoms with Crippen LogP contribution in [0.5, 0.6) is 5.75 Å². The van der Waals surface area contributed by atoms with Crippen LogP contribution in [0.2, 0.25) is 0 Å². The maximum atomic E-state index is 12.4. The van der Waals surface area contributed by atoms with Crippen LogP contribution in [0.3, 0.4) is 0 Å². The summed E-state index contributed by atoms with van der Waals surface area (Å²) in [4.78, 5) is 28.1. The highest BCUT2D eigenvalue weighted by atomic mass is 16.6. The number of nitrogens with zero attached hydrogens (tertiary/aromatic N) is 4. The van der Waals surface area contributed by atoms with E-state index in [0.29, 0.717) is 35.5 Å². The molecule has 1 N–H and O–H groups in total. The van der Waals surface area contributed by atoms with E-state index in [1.54, 1.807) is 17.2 Å². The highest BCUT2D eigenvalue weighted by Crippen LogP contribution is 2.33. The number of hydrogen-bond donors (Lipinski definition) is 1. The van der Waals surface area contributed by atoms with Gasteiger partial charge in [0, 0.05) is 30.8 Å². The van der Waals surface area contributed by atoms with Gasteiger partial charge in [-0.25, -0.2) is 14.8 Å². The molecule has 0 aliphatic carbocycles. The molecule has 0 bridgehead atoms. The zero-order chi connectivity index (χ0) is 22.3. The van der Waals surface area contributed by atoms with Crippen molar-refractivity contribution >= 4 is 17.3 Å². The van der Waals surface area contributed by atoms with Gasteiger partial charge in [-0.2, -0.15) is 0 Å². The summed E-state index contributed by atoms with van der Waals surface area (Å²) in [5.41, 5.74) is 4.84.